The fourth-order valence-corrected chi connectivity index (χ4v) is 2.93. The zero-order valence-electron chi connectivity index (χ0n) is 18.8. The molecule has 0 radical (unpaired) electrons. The van der Waals surface area contributed by atoms with E-state index in [-0.39, 0.29) is 41.7 Å². The molecule has 1 atom stereocenters. The van der Waals surface area contributed by atoms with Crippen molar-refractivity contribution in [1.82, 2.24) is 10.6 Å². The number of furan rings is 1. The SMILES string of the molecule is CN=C(NCc1ccc(NC(=O)c2ccco2)cc1)NCC(C)Oc1ccccc1OC.I. The van der Waals surface area contributed by atoms with Crippen LogP contribution in [0.5, 0.6) is 11.5 Å². The lowest BCUT2D eigenvalue weighted by Gasteiger charge is -2.19. The lowest BCUT2D eigenvalue weighted by Crippen LogP contribution is -2.41. The van der Waals surface area contributed by atoms with E-state index in [1.807, 2.05) is 55.5 Å². The van der Waals surface area contributed by atoms with E-state index in [1.54, 1.807) is 26.3 Å². The molecular formula is C24H29IN4O4. The molecule has 1 heterocycles. The maximum Gasteiger partial charge on any atom is 0.291 e. The van der Waals surface area contributed by atoms with Gasteiger partial charge in [0.1, 0.15) is 6.10 Å². The minimum atomic E-state index is -0.282. The summed E-state index contributed by atoms with van der Waals surface area (Å²) < 4.78 is 16.4. The van der Waals surface area contributed by atoms with Gasteiger partial charge in [0.2, 0.25) is 0 Å². The predicted octanol–water partition coefficient (Wildman–Crippen LogP) is 4.29. The Morgan fingerprint density at radius 1 is 1.03 bits per heavy atom. The molecule has 0 spiro atoms. The van der Waals surface area contributed by atoms with Crippen LogP contribution in [-0.4, -0.2) is 38.7 Å². The summed E-state index contributed by atoms with van der Waals surface area (Å²) in [6.45, 7) is 3.12. The number of carbonyl (C=O) groups is 1. The molecule has 0 aliphatic heterocycles. The van der Waals surface area contributed by atoms with E-state index < -0.39 is 0 Å². The molecule has 1 unspecified atom stereocenters. The highest BCUT2D eigenvalue weighted by Crippen LogP contribution is 2.26. The van der Waals surface area contributed by atoms with Crippen LogP contribution in [0.3, 0.4) is 0 Å². The Labute approximate surface area is 210 Å². The Hall–Kier alpha value is -3.21. The minimum Gasteiger partial charge on any atom is -0.493 e. The summed E-state index contributed by atoms with van der Waals surface area (Å²) >= 11 is 0. The van der Waals surface area contributed by atoms with Gasteiger partial charge in [0, 0.05) is 19.3 Å². The van der Waals surface area contributed by atoms with Gasteiger partial charge in [-0.05, 0) is 48.9 Å². The molecule has 3 aromatic rings. The number of para-hydroxylation sites is 2. The van der Waals surface area contributed by atoms with Gasteiger partial charge in [-0.1, -0.05) is 24.3 Å². The van der Waals surface area contributed by atoms with Crippen LogP contribution in [-0.2, 0) is 6.54 Å². The second-order valence-corrected chi connectivity index (χ2v) is 7.01. The van der Waals surface area contributed by atoms with Crippen molar-refractivity contribution in [3.8, 4) is 11.5 Å². The van der Waals surface area contributed by atoms with Crippen LogP contribution in [0.4, 0.5) is 5.69 Å². The second-order valence-electron chi connectivity index (χ2n) is 7.01. The summed E-state index contributed by atoms with van der Waals surface area (Å²) in [5.74, 6) is 2.05. The van der Waals surface area contributed by atoms with Gasteiger partial charge in [0.15, 0.2) is 23.2 Å². The normalized spacial score (nSPS) is 11.7. The number of nitrogens with zero attached hydrogens (tertiary/aromatic N) is 1. The van der Waals surface area contributed by atoms with Crippen molar-refractivity contribution in [3.05, 3.63) is 78.3 Å². The van der Waals surface area contributed by atoms with E-state index in [4.69, 9.17) is 13.9 Å². The summed E-state index contributed by atoms with van der Waals surface area (Å²) in [6.07, 6.45) is 1.37. The van der Waals surface area contributed by atoms with Crippen molar-refractivity contribution in [2.45, 2.75) is 19.6 Å². The highest BCUT2D eigenvalue weighted by atomic mass is 127. The van der Waals surface area contributed by atoms with Crippen molar-refractivity contribution in [3.63, 3.8) is 0 Å². The van der Waals surface area contributed by atoms with Crippen LogP contribution in [0.15, 0.2) is 76.3 Å². The Bertz CT molecular complexity index is 1020. The first-order valence-corrected chi connectivity index (χ1v) is 10.3. The van der Waals surface area contributed by atoms with Crippen LogP contribution >= 0.6 is 24.0 Å². The third kappa shape index (κ3) is 8.01. The van der Waals surface area contributed by atoms with Crippen molar-refractivity contribution in [2.75, 3.05) is 26.0 Å². The molecule has 176 valence electrons. The molecule has 1 aromatic heterocycles. The lowest BCUT2D eigenvalue weighted by molar-refractivity contribution is 0.0996. The molecule has 0 aliphatic carbocycles. The molecule has 33 heavy (non-hydrogen) atoms. The highest BCUT2D eigenvalue weighted by Gasteiger charge is 2.10. The number of halogens is 1. The quantitative estimate of drug-likeness (QED) is 0.204. The first-order chi connectivity index (χ1) is 15.6. The van der Waals surface area contributed by atoms with E-state index in [2.05, 4.69) is 20.9 Å². The van der Waals surface area contributed by atoms with Crippen LogP contribution < -0.4 is 25.4 Å². The largest absolute Gasteiger partial charge is 0.493 e. The molecule has 0 bridgehead atoms. The zero-order chi connectivity index (χ0) is 22.8. The van der Waals surface area contributed by atoms with Gasteiger partial charge >= 0.3 is 0 Å². The first-order valence-electron chi connectivity index (χ1n) is 10.3. The van der Waals surface area contributed by atoms with Gasteiger partial charge in [-0.3, -0.25) is 9.79 Å². The number of anilines is 1. The molecule has 3 rings (SSSR count). The topological polar surface area (TPSA) is 97.1 Å². The van der Waals surface area contributed by atoms with Gasteiger partial charge < -0.3 is 29.8 Å². The fraction of sp³-hybridized carbons (Fsp3) is 0.250. The lowest BCUT2D eigenvalue weighted by atomic mass is 10.2. The summed E-state index contributed by atoms with van der Waals surface area (Å²) in [4.78, 5) is 16.3. The molecule has 0 saturated carbocycles. The van der Waals surface area contributed by atoms with Crippen LogP contribution in [0, 0.1) is 0 Å². The van der Waals surface area contributed by atoms with Gasteiger partial charge in [-0.2, -0.15) is 0 Å². The van der Waals surface area contributed by atoms with E-state index in [9.17, 15) is 4.79 Å². The predicted molar refractivity (Wildman–Crippen MR) is 140 cm³/mol. The highest BCUT2D eigenvalue weighted by molar-refractivity contribution is 14.0. The molecule has 0 saturated heterocycles. The van der Waals surface area contributed by atoms with Gasteiger partial charge in [-0.15, -0.1) is 24.0 Å². The zero-order valence-corrected chi connectivity index (χ0v) is 21.2. The van der Waals surface area contributed by atoms with E-state index in [0.717, 1.165) is 5.56 Å². The number of carbonyl (C=O) groups excluding carboxylic acids is 1. The number of aliphatic imine (C=N–C) groups is 1. The smallest absolute Gasteiger partial charge is 0.291 e. The summed E-state index contributed by atoms with van der Waals surface area (Å²) in [6, 6.07) is 18.4. The number of amides is 1. The molecule has 9 heteroatoms. The number of hydrogen-bond donors (Lipinski definition) is 3. The monoisotopic (exact) mass is 564 g/mol. The Morgan fingerprint density at radius 3 is 2.39 bits per heavy atom. The number of methoxy groups -OCH3 is 1. The summed E-state index contributed by atoms with van der Waals surface area (Å²) in [5.41, 5.74) is 1.74. The molecule has 1 amide bonds. The third-order valence-electron chi connectivity index (χ3n) is 4.59. The standard InChI is InChI=1S/C24H28N4O4.HI/c1-17(32-21-8-5-4-7-20(21)30-3)15-26-24(25-2)27-16-18-10-12-19(13-11-18)28-23(29)22-9-6-14-31-22;/h4-14,17H,15-16H2,1-3H3,(H,28,29)(H2,25,26,27);1H. The van der Waals surface area contributed by atoms with E-state index in [1.165, 1.54) is 6.26 Å². The number of ether oxygens (including phenoxy) is 2. The van der Waals surface area contributed by atoms with Gasteiger partial charge in [-0.25, -0.2) is 0 Å². The molecule has 3 N–H and O–H groups in total. The Morgan fingerprint density at radius 2 is 1.76 bits per heavy atom. The Balaban J connectivity index is 0.00000385. The van der Waals surface area contributed by atoms with Crippen molar-refractivity contribution >= 4 is 41.5 Å². The molecular weight excluding hydrogens is 535 g/mol. The third-order valence-corrected chi connectivity index (χ3v) is 4.59. The molecule has 2 aromatic carbocycles. The van der Waals surface area contributed by atoms with Crippen molar-refractivity contribution < 1.29 is 18.7 Å². The van der Waals surface area contributed by atoms with Gasteiger partial charge in [0.05, 0.1) is 19.9 Å². The number of rotatable bonds is 9. The maximum absolute atomic E-state index is 12.0. The van der Waals surface area contributed by atoms with Crippen LogP contribution in [0.2, 0.25) is 0 Å². The molecule has 0 fully saturated rings. The Kier molecular flexibility index (Phi) is 10.5. The van der Waals surface area contributed by atoms with Crippen molar-refractivity contribution in [1.29, 1.82) is 0 Å². The number of benzene rings is 2. The fourth-order valence-electron chi connectivity index (χ4n) is 2.93. The van der Waals surface area contributed by atoms with Gasteiger partial charge in [0.25, 0.3) is 5.91 Å². The van der Waals surface area contributed by atoms with Crippen LogP contribution in [0.1, 0.15) is 23.0 Å². The molecule has 8 nitrogen and oxygen atoms in total. The number of hydrogen-bond acceptors (Lipinski definition) is 5. The maximum atomic E-state index is 12.0. The molecule has 0 aliphatic rings. The second kappa shape index (κ2) is 13.4. The average molecular weight is 564 g/mol. The van der Waals surface area contributed by atoms with E-state index >= 15 is 0 Å². The van der Waals surface area contributed by atoms with Crippen molar-refractivity contribution in [2.24, 2.45) is 4.99 Å². The number of guanidine groups is 1. The summed E-state index contributed by atoms with van der Waals surface area (Å²) in [7, 11) is 3.34. The first kappa shape index (κ1) is 26.0. The van der Waals surface area contributed by atoms with Crippen LogP contribution in [0.25, 0.3) is 0 Å². The van der Waals surface area contributed by atoms with E-state index in [0.29, 0.717) is 36.2 Å². The average Bonchev–Trinajstić information content (AvgIpc) is 3.36. The number of nitrogens with one attached hydrogen (secondary N) is 3. The minimum absolute atomic E-state index is 0. The summed E-state index contributed by atoms with van der Waals surface area (Å²) in [5, 5.41) is 9.32.